The summed E-state index contributed by atoms with van der Waals surface area (Å²) in [4.78, 5) is 10.6. The van der Waals surface area contributed by atoms with Crippen LogP contribution in [0.2, 0.25) is 15.1 Å². The Morgan fingerprint density at radius 2 is 1.68 bits per heavy atom. The second-order valence-corrected chi connectivity index (χ2v) is 7.08. The zero-order chi connectivity index (χ0) is 16.5. The predicted octanol–water partition coefficient (Wildman–Crippen LogP) is 4.15. The molecule has 0 bridgehead atoms. The summed E-state index contributed by atoms with van der Waals surface area (Å²) in [7, 11) is -4.11. The molecule has 0 aliphatic rings. The van der Waals surface area contributed by atoms with E-state index < -0.39 is 16.0 Å². The summed E-state index contributed by atoms with van der Waals surface area (Å²) in [6, 6.07) is 7.59. The molecule has 0 fully saturated rings. The minimum atomic E-state index is -4.11. The summed E-state index contributed by atoms with van der Waals surface area (Å²) in [6.07, 6.45) is 0. The van der Waals surface area contributed by atoms with Crippen molar-refractivity contribution in [2.45, 2.75) is 4.90 Å². The number of sulfonamides is 1. The molecular formula is C13H8Cl3NO4S. The Balaban J connectivity index is 2.46. The van der Waals surface area contributed by atoms with Crippen molar-refractivity contribution in [1.82, 2.24) is 0 Å². The molecule has 0 unspecified atom stereocenters. The van der Waals surface area contributed by atoms with Gasteiger partial charge < -0.3 is 5.11 Å². The van der Waals surface area contributed by atoms with Gasteiger partial charge in [-0.05, 0) is 36.4 Å². The van der Waals surface area contributed by atoms with E-state index in [9.17, 15) is 13.2 Å². The van der Waals surface area contributed by atoms with Crippen LogP contribution in [0.3, 0.4) is 0 Å². The standard InChI is InChI=1S/C13H8Cl3NO4S/c14-8-2-4-11(10(16)6-8)17-22(20,21)12-5-7(13(18)19)1-3-9(12)15/h1-6,17H,(H,18,19). The molecule has 9 heteroatoms. The van der Waals surface area contributed by atoms with Gasteiger partial charge in [-0.15, -0.1) is 0 Å². The zero-order valence-electron chi connectivity index (χ0n) is 10.7. The van der Waals surface area contributed by atoms with Crippen molar-refractivity contribution in [2.24, 2.45) is 0 Å². The van der Waals surface area contributed by atoms with Gasteiger partial charge in [0.1, 0.15) is 4.90 Å². The smallest absolute Gasteiger partial charge is 0.335 e. The number of nitrogens with one attached hydrogen (secondary N) is 1. The summed E-state index contributed by atoms with van der Waals surface area (Å²) in [5.41, 5.74) is -0.102. The average Bonchev–Trinajstić information content (AvgIpc) is 2.42. The molecule has 0 aliphatic heterocycles. The molecule has 2 rings (SSSR count). The van der Waals surface area contributed by atoms with Crippen molar-refractivity contribution < 1.29 is 18.3 Å². The molecule has 0 amide bonds. The molecule has 0 spiro atoms. The molecule has 5 nitrogen and oxygen atoms in total. The molecular weight excluding hydrogens is 373 g/mol. The number of halogens is 3. The van der Waals surface area contributed by atoms with Crippen LogP contribution in [-0.2, 0) is 10.0 Å². The van der Waals surface area contributed by atoms with Crippen LogP contribution >= 0.6 is 34.8 Å². The van der Waals surface area contributed by atoms with Gasteiger partial charge in [0.25, 0.3) is 10.0 Å². The first-order valence-corrected chi connectivity index (χ1v) is 8.33. The van der Waals surface area contributed by atoms with E-state index >= 15 is 0 Å². The van der Waals surface area contributed by atoms with Crippen LogP contribution in [0.1, 0.15) is 10.4 Å². The normalized spacial score (nSPS) is 11.2. The van der Waals surface area contributed by atoms with Crippen LogP contribution in [-0.4, -0.2) is 19.5 Å². The van der Waals surface area contributed by atoms with Gasteiger partial charge in [0.05, 0.1) is 21.3 Å². The number of benzene rings is 2. The lowest BCUT2D eigenvalue weighted by Gasteiger charge is -2.11. The van der Waals surface area contributed by atoms with E-state index in [0.29, 0.717) is 5.02 Å². The first-order valence-electron chi connectivity index (χ1n) is 5.71. The molecule has 22 heavy (non-hydrogen) atoms. The number of anilines is 1. The van der Waals surface area contributed by atoms with Crippen molar-refractivity contribution in [1.29, 1.82) is 0 Å². The predicted molar refractivity (Wildman–Crippen MR) is 85.7 cm³/mol. The fraction of sp³-hybridized carbons (Fsp3) is 0. The van der Waals surface area contributed by atoms with Crippen LogP contribution in [0.15, 0.2) is 41.3 Å². The molecule has 2 aromatic carbocycles. The van der Waals surface area contributed by atoms with Gasteiger partial charge >= 0.3 is 5.97 Å². The van der Waals surface area contributed by atoms with Crippen molar-refractivity contribution in [2.75, 3.05) is 4.72 Å². The van der Waals surface area contributed by atoms with Gasteiger partial charge in [-0.1, -0.05) is 34.8 Å². The topological polar surface area (TPSA) is 83.5 Å². The fourth-order valence-electron chi connectivity index (χ4n) is 1.61. The minimum absolute atomic E-state index is 0.0987. The Kier molecular flexibility index (Phi) is 4.87. The lowest BCUT2D eigenvalue weighted by atomic mass is 10.2. The Labute approximate surface area is 141 Å². The van der Waals surface area contributed by atoms with Crippen LogP contribution in [0.4, 0.5) is 5.69 Å². The summed E-state index contributed by atoms with van der Waals surface area (Å²) in [5.74, 6) is -1.27. The molecule has 2 aromatic rings. The molecule has 0 radical (unpaired) electrons. The monoisotopic (exact) mass is 379 g/mol. The maximum Gasteiger partial charge on any atom is 0.335 e. The number of hydrogen-bond acceptors (Lipinski definition) is 3. The van der Waals surface area contributed by atoms with E-state index in [1.54, 1.807) is 0 Å². The van der Waals surface area contributed by atoms with E-state index in [2.05, 4.69) is 4.72 Å². The molecule has 0 saturated heterocycles. The summed E-state index contributed by atoms with van der Waals surface area (Å²) in [6.45, 7) is 0. The number of carboxylic acid groups (broad SMARTS) is 1. The van der Waals surface area contributed by atoms with Crippen molar-refractivity contribution in [3.8, 4) is 0 Å². The van der Waals surface area contributed by atoms with Crippen LogP contribution in [0, 0.1) is 0 Å². The largest absolute Gasteiger partial charge is 0.478 e. The summed E-state index contributed by atoms with van der Waals surface area (Å²) >= 11 is 17.5. The third-order valence-corrected chi connectivity index (χ3v) is 5.04. The van der Waals surface area contributed by atoms with Gasteiger partial charge in [-0.3, -0.25) is 4.72 Å². The molecule has 0 aromatic heterocycles. The quantitative estimate of drug-likeness (QED) is 0.835. The number of hydrogen-bond donors (Lipinski definition) is 2. The van der Waals surface area contributed by atoms with Gasteiger partial charge in [-0.25, -0.2) is 13.2 Å². The molecule has 0 saturated carbocycles. The number of carboxylic acids is 1. The molecule has 2 N–H and O–H groups in total. The molecule has 0 aliphatic carbocycles. The Morgan fingerprint density at radius 1 is 1.00 bits per heavy atom. The Bertz CT molecular complexity index is 852. The van der Waals surface area contributed by atoms with Crippen molar-refractivity contribution in [3.63, 3.8) is 0 Å². The van der Waals surface area contributed by atoms with E-state index in [1.807, 2.05) is 0 Å². The minimum Gasteiger partial charge on any atom is -0.478 e. The fourth-order valence-corrected chi connectivity index (χ4v) is 3.73. The maximum atomic E-state index is 12.4. The highest BCUT2D eigenvalue weighted by Gasteiger charge is 2.21. The summed E-state index contributed by atoms with van der Waals surface area (Å²) in [5, 5.41) is 9.27. The highest BCUT2D eigenvalue weighted by atomic mass is 35.5. The third-order valence-electron chi connectivity index (χ3n) is 2.64. The average molecular weight is 381 g/mol. The van der Waals surface area contributed by atoms with Gasteiger partial charge in [0.2, 0.25) is 0 Å². The van der Waals surface area contributed by atoms with Gasteiger partial charge in [0, 0.05) is 5.02 Å². The van der Waals surface area contributed by atoms with Crippen LogP contribution in [0.5, 0.6) is 0 Å². The third kappa shape index (κ3) is 3.64. The molecule has 0 atom stereocenters. The Hall–Kier alpha value is -1.47. The van der Waals surface area contributed by atoms with Crippen molar-refractivity contribution >= 4 is 56.5 Å². The van der Waals surface area contributed by atoms with Crippen LogP contribution < -0.4 is 4.72 Å². The number of aromatic carboxylic acids is 1. The van der Waals surface area contributed by atoms with E-state index in [4.69, 9.17) is 39.9 Å². The SMILES string of the molecule is O=C(O)c1ccc(Cl)c(S(=O)(=O)Nc2ccc(Cl)cc2Cl)c1. The van der Waals surface area contributed by atoms with Gasteiger partial charge in [0.15, 0.2) is 0 Å². The van der Waals surface area contributed by atoms with Gasteiger partial charge in [-0.2, -0.15) is 0 Å². The highest BCUT2D eigenvalue weighted by Crippen LogP contribution is 2.30. The maximum absolute atomic E-state index is 12.4. The zero-order valence-corrected chi connectivity index (χ0v) is 13.8. The lowest BCUT2D eigenvalue weighted by Crippen LogP contribution is -2.14. The van der Waals surface area contributed by atoms with Crippen molar-refractivity contribution in [3.05, 3.63) is 57.0 Å². The number of rotatable bonds is 4. The second-order valence-electron chi connectivity index (χ2n) is 4.18. The molecule has 116 valence electrons. The van der Waals surface area contributed by atoms with Crippen LogP contribution in [0.25, 0.3) is 0 Å². The Morgan fingerprint density at radius 3 is 2.27 bits per heavy atom. The summed E-state index contributed by atoms with van der Waals surface area (Å²) < 4.78 is 26.9. The second kappa shape index (κ2) is 6.34. The lowest BCUT2D eigenvalue weighted by molar-refractivity contribution is 0.0696. The molecule has 0 heterocycles. The van der Waals surface area contributed by atoms with E-state index in [0.717, 1.165) is 6.07 Å². The highest BCUT2D eigenvalue weighted by molar-refractivity contribution is 7.92. The van der Waals surface area contributed by atoms with E-state index in [1.165, 1.54) is 30.3 Å². The van der Waals surface area contributed by atoms with E-state index in [-0.39, 0.29) is 26.2 Å². The first kappa shape index (κ1) is 16.9. The number of carbonyl (C=O) groups is 1. The first-order chi connectivity index (χ1) is 10.2.